The number of carbonyl (C=O) groups is 3. The molecule has 0 radical (unpaired) electrons. The van der Waals surface area contributed by atoms with Crippen LogP contribution >= 0.6 is 27.7 Å². The fourth-order valence-corrected chi connectivity index (χ4v) is 3.41. The maximum Gasteiger partial charge on any atom is 0.328 e. The van der Waals surface area contributed by atoms with E-state index < -0.39 is 23.2 Å². The molecular weight excluding hydrogens is 402 g/mol. The Hall–Kier alpha value is -2.00. The predicted octanol–water partition coefficient (Wildman–Crippen LogP) is 2.76. The molecule has 1 saturated heterocycles. The molecule has 1 unspecified atom stereocenters. The molecule has 128 valence electrons. The van der Waals surface area contributed by atoms with E-state index in [0.717, 1.165) is 16.7 Å². The maximum atomic E-state index is 12.4. The van der Waals surface area contributed by atoms with Crippen LogP contribution in [0.2, 0.25) is 0 Å². The minimum atomic E-state index is -1.01. The van der Waals surface area contributed by atoms with E-state index in [1.165, 1.54) is 39.4 Å². The largest absolute Gasteiger partial charge is 0.504 e. The Morgan fingerprint density at radius 2 is 2.04 bits per heavy atom. The highest BCUT2D eigenvalue weighted by Crippen LogP contribution is 2.38. The van der Waals surface area contributed by atoms with Crippen LogP contribution in [0.25, 0.3) is 6.08 Å². The Morgan fingerprint density at radius 1 is 1.38 bits per heavy atom. The highest BCUT2D eigenvalue weighted by atomic mass is 79.9. The predicted molar refractivity (Wildman–Crippen MR) is 91.6 cm³/mol. The molecular formula is C15H14BrNO6S. The van der Waals surface area contributed by atoms with Gasteiger partial charge in [0.2, 0.25) is 0 Å². The van der Waals surface area contributed by atoms with E-state index in [1.807, 2.05) is 0 Å². The van der Waals surface area contributed by atoms with Gasteiger partial charge in [-0.25, -0.2) is 4.79 Å². The Labute approximate surface area is 150 Å². The molecule has 0 aliphatic carbocycles. The summed E-state index contributed by atoms with van der Waals surface area (Å²) in [5, 5.41) is 9.16. The summed E-state index contributed by atoms with van der Waals surface area (Å²) < 4.78 is 10.1. The van der Waals surface area contributed by atoms with Crippen molar-refractivity contribution in [2.24, 2.45) is 0 Å². The number of benzene rings is 1. The molecule has 1 atom stereocenters. The Morgan fingerprint density at radius 3 is 2.62 bits per heavy atom. The van der Waals surface area contributed by atoms with Gasteiger partial charge in [0.1, 0.15) is 6.04 Å². The second-order valence-corrected chi connectivity index (χ2v) is 6.64. The first-order chi connectivity index (χ1) is 11.3. The quantitative estimate of drug-likeness (QED) is 0.596. The van der Waals surface area contributed by atoms with Crippen molar-refractivity contribution in [3.63, 3.8) is 0 Å². The molecule has 24 heavy (non-hydrogen) atoms. The molecule has 9 heteroatoms. The summed E-state index contributed by atoms with van der Waals surface area (Å²) >= 11 is 4.00. The number of hydrogen-bond donors (Lipinski definition) is 1. The van der Waals surface area contributed by atoms with Crippen LogP contribution in [0.4, 0.5) is 4.79 Å². The van der Waals surface area contributed by atoms with Crippen molar-refractivity contribution in [1.29, 1.82) is 0 Å². The number of phenols is 1. The maximum absolute atomic E-state index is 12.4. The zero-order valence-electron chi connectivity index (χ0n) is 13.0. The molecule has 1 N–H and O–H groups in total. The van der Waals surface area contributed by atoms with Gasteiger partial charge in [-0.2, -0.15) is 0 Å². The lowest BCUT2D eigenvalue weighted by Crippen LogP contribution is -2.42. The van der Waals surface area contributed by atoms with Crippen LogP contribution in [-0.2, 0) is 14.3 Å². The third kappa shape index (κ3) is 3.41. The van der Waals surface area contributed by atoms with E-state index in [9.17, 15) is 19.5 Å². The average Bonchev–Trinajstić information content (AvgIpc) is 2.82. The number of imide groups is 1. The highest BCUT2D eigenvalue weighted by molar-refractivity contribution is 9.10. The zero-order valence-corrected chi connectivity index (χ0v) is 15.4. The second kappa shape index (κ2) is 7.27. The fourth-order valence-electron chi connectivity index (χ4n) is 2.06. The number of nitrogens with zero attached hydrogens (tertiary/aromatic N) is 1. The van der Waals surface area contributed by atoms with Crippen molar-refractivity contribution in [2.45, 2.75) is 13.0 Å². The number of hydrogen-bond acceptors (Lipinski definition) is 7. The minimum Gasteiger partial charge on any atom is -0.504 e. The van der Waals surface area contributed by atoms with Gasteiger partial charge in [0.25, 0.3) is 11.1 Å². The van der Waals surface area contributed by atoms with Crippen LogP contribution < -0.4 is 4.74 Å². The molecule has 1 aliphatic heterocycles. The lowest BCUT2D eigenvalue weighted by molar-refractivity contribution is -0.148. The Bertz CT molecular complexity index is 748. The van der Waals surface area contributed by atoms with Crippen molar-refractivity contribution >= 4 is 50.9 Å². The second-order valence-electron chi connectivity index (χ2n) is 4.80. The summed E-state index contributed by atoms with van der Waals surface area (Å²) in [7, 11) is 2.59. The number of ether oxygens (including phenoxy) is 2. The van der Waals surface area contributed by atoms with E-state index in [0.29, 0.717) is 10.0 Å². The molecule has 1 aromatic carbocycles. The fraction of sp³-hybridized carbons (Fsp3) is 0.267. The molecule has 0 aromatic heterocycles. The van der Waals surface area contributed by atoms with Crippen LogP contribution in [-0.4, -0.2) is 47.4 Å². The van der Waals surface area contributed by atoms with E-state index >= 15 is 0 Å². The van der Waals surface area contributed by atoms with Gasteiger partial charge in [-0.1, -0.05) is 15.9 Å². The molecule has 7 nitrogen and oxygen atoms in total. The summed E-state index contributed by atoms with van der Waals surface area (Å²) in [4.78, 5) is 37.1. The summed E-state index contributed by atoms with van der Waals surface area (Å²) in [6.07, 6.45) is 1.49. The molecule has 0 saturated carbocycles. The van der Waals surface area contributed by atoms with Crippen LogP contribution in [0.5, 0.6) is 11.5 Å². The summed E-state index contributed by atoms with van der Waals surface area (Å²) in [6, 6.07) is 1.94. The Balaban J connectivity index is 2.37. The van der Waals surface area contributed by atoms with E-state index in [1.54, 1.807) is 0 Å². The number of thioether (sulfide) groups is 1. The molecule has 2 rings (SSSR count). The number of amides is 2. The molecule has 0 spiro atoms. The number of carbonyl (C=O) groups excluding carboxylic acids is 3. The van der Waals surface area contributed by atoms with Crippen LogP contribution in [0.3, 0.4) is 0 Å². The molecule has 2 amide bonds. The number of rotatable bonds is 4. The summed E-state index contributed by atoms with van der Waals surface area (Å²) in [5.74, 6) is -1.09. The van der Waals surface area contributed by atoms with Crippen molar-refractivity contribution < 1.29 is 29.0 Å². The van der Waals surface area contributed by atoms with Gasteiger partial charge in [-0.05, 0) is 42.5 Å². The van der Waals surface area contributed by atoms with Crippen molar-refractivity contribution in [3.05, 3.63) is 27.1 Å². The minimum absolute atomic E-state index is 0.0612. The lowest BCUT2D eigenvalue weighted by atomic mass is 10.1. The number of halogens is 1. The number of esters is 1. The molecule has 1 aromatic rings. The smallest absolute Gasteiger partial charge is 0.328 e. The molecule has 1 aliphatic rings. The van der Waals surface area contributed by atoms with Gasteiger partial charge in [-0.15, -0.1) is 0 Å². The normalized spacial score (nSPS) is 17.3. The van der Waals surface area contributed by atoms with Gasteiger partial charge in [0, 0.05) is 4.47 Å². The van der Waals surface area contributed by atoms with E-state index in [-0.39, 0.29) is 16.4 Å². The van der Waals surface area contributed by atoms with E-state index in [4.69, 9.17) is 4.74 Å². The van der Waals surface area contributed by atoms with Gasteiger partial charge >= 0.3 is 5.97 Å². The van der Waals surface area contributed by atoms with Gasteiger partial charge in [-0.3, -0.25) is 14.5 Å². The lowest BCUT2D eigenvalue weighted by Gasteiger charge is -2.18. The van der Waals surface area contributed by atoms with Gasteiger partial charge < -0.3 is 14.6 Å². The van der Waals surface area contributed by atoms with Crippen molar-refractivity contribution in [3.8, 4) is 11.5 Å². The summed E-state index contributed by atoms with van der Waals surface area (Å²) in [6.45, 7) is 1.42. The molecule has 1 heterocycles. The zero-order chi connectivity index (χ0) is 18.0. The summed E-state index contributed by atoms with van der Waals surface area (Å²) in [5.41, 5.74) is 0.542. The van der Waals surface area contributed by atoms with Crippen molar-refractivity contribution in [1.82, 2.24) is 4.90 Å². The molecule has 0 bridgehead atoms. The highest BCUT2D eigenvalue weighted by Gasteiger charge is 2.41. The van der Waals surface area contributed by atoms with Crippen molar-refractivity contribution in [2.75, 3.05) is 14.2 Å². The average molecular weight is 416 g/mol. The topological polar surface area (TPSA) is 93.1 Å². The van der Waals surface area contributed by atoms with Crippen LogP contribution in [0.15, 0.2) is 21.5 Å². The molecule has 1 fully saturated rings. The first-order valence-electron chi connectivity index (χ1n) is 6.71. The first kappa shape index (κ1) is 18.3. The van der Waals surface area contributed by atoms with Gasteiger partial charge in [0.15, 0.2) is 11.5 Å². The number of phenolic OH excluding ortho intramolecular Hbond substituents is 1. The number of methoxy groups -OCH3 is 2. The van der Waals surface area contributed by atoms with Crippen LogP contribution in [0, 0.1) is 0 Å². The Kier molecular flexibility index (Phi) is 5.55. The number of aromatic hydroxyl groups is 1. The standard InChI is InChI=1S/C15H14BrNO6S/c1-7(14(20)23-3)17-13(19)12(24-15(17)21)5-8-4-11(22-2)10(18)6-9(8)16/h4-7,18H,1-3H3. The van der Waals surface area contributed by atoms with Gasteiger partial charge in [0.05, 0.1) is 19.1 Å². The first-order valence-corrected chi connectivity index (χ1v) is 8.32. The monoisotopic (exact) mass is 415 g/mol. The SMILES string of the molecule is COC(=O)C(C)N1C(=O)SC(=Cc2cc(OC)c(O)cc2Br)C1=O. The third-order valence-electron chi connectivity index (χ3n) is 3.34. The van der Waals surface area contributed by atoms with Crippen LogP contribution in [0.1, 0.15) is 12.5 Å². The van der Waals surface area contributed by atoms with E-state index in [2.05, 4.69) is 20.7 Å². The third-order valence-corrected chi connectivity index (χ3v) is 4.91.